The predicted molar refractivity (Wildman–Crippen MR) is 89.3 cm³/mol. The number of hydrogen-bond donors (Lipinski definition) is 2. The van der Waals surface area contributed by atoms with E-state index in [9.17, 15) is 8.42 Å². The Balaban J connectivity index is 1.79. The van der Waals surface area contributed by atoms with E-state index >= 15 is 0 Å². The van der Waals surface area contributed by atoms with Crippen LogP contribution in [0.1, 0.15) is 19.8 Å². The van der Waals surface area contributed by atoms with Crippen LogP contribution in [-0.2, 0) is 10.0 Å². The van der Waals surface area contributed by atoms with Crippen LogP contribution in [0.2, 0.25) is 0 Å². The zero-order chi connectivity index (χ0) is 15.6. The molecule has 0 bridgehead atoms. The molecule has 1 fully saturated rings. The summed E-state index contributed by atoms with van der Waals surface area (Å²) >= 11 is 0. The van der Waals surface area contributed by atoms with E-state index in [4.69, 9.17) is 0 Å². The number of benzene rings is 2. The monoisotopic (exact) mass is 318 g/mol. The lowest BCUT2D eigenvalue weighted by Crippen LogP contribution is -2.45. The summed E-state index contributed by atoms with van der Waals surface area (Å²) in [5.41, 5.74) is -0.0117. The molecule has 0 spiro atoms. The van der Waals surface area contributed by atoms with Crippen molar-refractivity contribution in [3.05, 3.63) is 42.5 Å². The zero-order valence-electron chi connectivity index (χ0n) is 12.8. The van der Waals surface area contributed by atoms with Crippen LogP contribution in [0.5, 0.6) is 0 Å². The van der Waals surface area contributed by atoms with E-state index in [0.29, 0.717) is 11.4 Å². The third kappa shape index (κ3) is 3.32. The van der Waals surface area contributed by atoms with Crippen LogP contribution < -0.4 is 10.0 Å². The molecule has 0 aromatic heterocycles. The second kappa shape index (κ2) is 5.99. The third-order valence-corrected chi connectivity index (χ3v) is 5.80. The Labute approximate surface area is 132 Å². The molecule has 2 aromatic rings. The van der Waals surface area contributed by atoms with Crippen LogP contribution >= 0.6 is 0 Å². The number of rotatable bonds is 4. The fourth-order valence-electron chi connectivity index (χ4n) is 2.96. The van der Waals surface area contributed by atoms with Gasteiger partial charge in [-0.05, 0) is 47.7 Å². The molecule has 1 atom stereocenters. The number of sulfonamides is 1. The van der Waals surface area contributed by atoms with Crippen molar-refractivity contribution < 1.29 is 8.42 Å². The van der Waals surface area contributed by atoms with Crippen LogP contribution in [0.4, 0.5) is 0 Å². The van der Waals surface area contributed by atoms with E-state index in [1.165, 1.54) is 0 Å². The van der Waals surface area contributed by atoms with Gasteiger partial charge < -0.3 is 5.32 Å². The molecule has 1 aliphatic heterocycles. The summed E-state index contributed by atoms with van der Waals surface area (Å²) in [7, 11) is -3.47. The van der Waals surface area contributed by atoms with Gasteiger partial charge in [-0.15, -0.1) is 0 Å². The molecule has 0 saturated carbocycles. The Morgan fingerprint density at radius 3 is 2.68 bits per heavy atom. The first kappa shape index (κ1) is 15.5. The largest absolute Gasteiger partial charge is 0.316 e. The van der Waals surface area contributed by atoms with Crippen LogP contribution in [-0.4, -0.2) is 28.1 Å². The second-order valence-electron chi connectivity index (χ2n) is 6.42. The van der Waals surface area contributed by atoms with Gasteiger partial charge in [0.05, 0.1) is 4.90 Å². The minimum Gasteiger partial charge on any atom is -0.316 e. The second-order valence-corrected chi connectivity index (χ2v) is 8.19. The Morgan fingerprint density at radius 2 is 1.95 bits per heavy atom. The highest BCUT2D eigenvalue weighted by Crippen LogP contribution is 2.25. The average Bonchev–Trinajstić information content (AvgIpc) is 2.53. The molecule has 0 amide bonds. The van der Waals surface area contributed by atoms with Crippen LogP contribution in [0.15, 0.2) is 47.4 Å². The van der Waals surface area contributed by atoms with Gasteiger partial charge in [0, 0.05) is 13.1 Å². The lowest BCUT2D eigenvalue weighted by Gasteiger charge is -2.34. The first-order chi connectivity index (χ1) is 10.5. The fourth-order valence-corrected chi connectivity index (χ4v) is 4.19. The van der Waals surface area contributed by atoms with E-state index in [2.05, 4.69) is 17.0 Å². The van der Waals surface area contributed by atoms with E-state index in [1.807, 2.05) is 30.3 Å². The van der Waals surface area contributed by atoms with Crippen molar-refractivity contribution in [3.63, 3.8) is 0 Å². The molecule has 1 aliphatic rings. The van der Waals surface area contributed by atoms with Crippen molar-refractivity contribution in [1.82, 2.24) is 10.0 Å². The number of nitrogens with one attached hydrogen (secondary N) is 2. The topological polar surface area (TPSA) is 58.2 Å². The molecule has 1 heterocycles. The maximum atomic E-state index is 12.5. The predicted octanol–water partition coefficient (Wildman–Crippen LogP) is 2.51. The third-order valence-electron chi connectivity index (χ3n) is 4.41. The van der Waals surface area contributed by atoms with E-state index in [1.54, 1.807) is 12.1 Å². The molecular formula is C17H22N2O2S. The van der Waals surface area contributed by atoms with Gasteiger partial charge in [0.1, 0.15) is 0 Å². The van der Waals surface area contributed by atoms with Crippen LogP contribution in [0.25, 0.3) is 10.8 Å². The van der Waals surface area contributed by atoms with Gasteiger partial charge in [-0.2, -0.15) is 0 Å². The van der Waals surface area contributed by atoms with Gasteiger partial charge in [-0.3, -0.25) is 0 Å². The van der Waals surface area contributed by atoms with Gasteiger partial charge in [0.2, 0.25) is 10.0 Å². The minimum atomic E-state index is -3.47. The first-order valence-corrected chi connectivity index (χ1v) is 9.16. The lowest BCUT2D eigenvalue weighted by atomic mass is 9.83. The Hall–Kier alpha value is -1.43. The SMILES string of the molecule is CC1(CNS(=O)(=O)c2ccc3ccccc3c2)CCCNC1. The van der Waals surface area contributed by atoms with Crippen molar-refractivity contribution in [3.8, 4) is 0 Å². The molecule has 0 aliphatic carbocycles. The molecule has 4 nitrogen and oxygen atoms in total. The molecule has 5 heteroatoms. The van der Waals surface area contributed by atoms with Crippen LogP contribution in [0, 0.1) is 5.41 Å². The number of piperidine rings is 1. The van der Waals surface area contributed by atoms with Gasteiger partial charge >= 0.3 is 0 Å². The van der Waals surface area contributed by atoms with Crippen molar-refractivity contribution in [1.29, 1.82) is 0 Å². The molecule has 22 heavy (non-hydrogen) atoms. The van der Waals surface area contributed by atoms with E-state index < -0.39 is 10.0 Å². The van der Waals surface area contributed by atoms with Crippen molar-refractivity contribution in [2.75, 3.05) is 19.6 Å². The molecule has 0 radical (unpaired) electrons. The first-order valence-electron chi connectivity index (χ1n) is 7.68. The number of fused-ring (bicyclic) bond motifs is 1. The quantitative estimate of drug-likeness (QED) is 0.910. The summed E-state index contributed by atoms with van der Waals surface area (Å²) in [6.07, 6.45) is 2.13. The molecule has 1 saturated heterocycles. The highest BCUT2D eigenvalue weighted by molar-refractivity contribution is 7.89. The average molecular weight is 318 g/mol. The normalized spacial score (nSPS) is 22.8. The van der Waals surface area contributed by atoms with E-state index in [0.717, 1.165) is 36.7 Å². The van der Waals surface area contributed by atoms with Crippen molar-refractivity contribution in [2.24, 2.45) is 5.41 Å². The van der Waals surface area contributed by atoms with Crippen LogP contribution in [0.3, 0.4) is 0 Å². The van der Waals surface area contributed by atoms with Gasteiger partial charge in [-0.25, -0.2) is 13.1 Å². The number of hydrogen-bond acceptors (Lipinski definition) is 3. The maximum absolute atomic E-state index is 12.5. The van der Waals surface area contributed by atoms with Gasteiger partial charge in [0.15, 0.2) is 0 Å². The summed E-state index contributed by atoms with van der Waals surface area (Å²) in [6, 6.07) is 13.0. The molecule has 2 aromatic carbocycles. The summed E-state index contributed by atoms with van der Waals surface area (Å²) in [5, 5.41) is 5.33. The molecule has 1 unspecified atom stereocenters. The minimum absolute atomic E-state index is 0.0117. The van der Waals surface area contributed by atoms with Gasteiger partial charge in [0.25, 0.3) is 0 Å². The highest BCUT2D eigenvalue weighted by Gasteiger charge is 2.28. The Bertz CT molecular complexity index is 765. The Kier molecular flexibility index (Phi) is 4.21. The van der Waals surface area contributed by atoms with Crippen molar-refractivity contribution >= 4 is 20.8 Å². The van der Waals surface area contributed by atoms with E-state index in [-0.39, 0.29) is 5.41 Å². The fraction of sp³-hybridized carbons (Fsp3) is 0.412. The molecule has 118 valence electrons. The molecule has 2 N–H and O–H groups in total. The molecular weight excluding hydrogens is 296 g/mol. The lowest BCUT2D eigenvalue weighted by molar-refractivity contribution is 0.238. The van der Waals surface area contributed by atoms with Gasteiger partial charge in [-0.1, -0.05) is 37.3 Å². The Morgan fingerprint density at radius 1 is 1.18 bits per heavy atom. The summed E-state index contributed by atoms with van der Waals surface area (Å²) in [4.78, 5) is 0.332. The summed E-state index contributed by atoms with van der Waals surface area (Å²) in [5.74, 6) is 0. The molecule has 3 rings (SSSR count). The summed E-state index contributed by atoms with van der Waals surface area (Å²) in [6.45, 7) is 4.47. The zero-order valence-corrected chi connectivity index (χ0v) is 13.6. The van der Waals surface area contributed by atoms with Crippen molar-refractivity contribution in [2.45, 2.75) is 24.7 Å². The standard InChI is InChI=1S/C17H22N2O2S/c1-17(9-4-10-18-12-17)13-19-22(20,21)16-8-7-14-5-2-3-6-15(14)11-16/h2-3,5-8,11,18-19H,4,9-10,12-13H2,1H3. The highest BCUT2D eigenvalue weighted by atomic mass is 32.2. The summed E-state index contributed by atoms with van der Waals surface area (Å²) < 4.78 is 27.8. The smallest absolute Gasteiger partial charge is 0.240 e. The maximum Gasteiger partial charge on any atom is 0.240 e.